The van der Waals surface area contributed by atoms with E-state index in [4.69, 9.17) is 4.74 Å². The number of nitrogens with one attached hydrogen (secondary N) is 2. The molecule has 5 nitrogen and oxygen atoms in total. The monoisotopic (exact) mass is 418 g/mol. The molecule has 2 aromatic carbocycles. The lowest BCUT2D eigenvalue weighted by Crippen LogP contribution is -2.27. The molecule has 0 aliphatic heterocycles. The molecule has 0 atom stereocenters. The van der Waals surface area contributed by atoms with Gasteiger partial charge >= 0.3 is 6.18 Å². The average Bonchev–Trinajstić information content (AvgIpc) is 3.15. The van der Waals surface area contributed by atoms with E-state index in [9.17, 15) is 13.2 Å². The van der Waals surface area contributed by atoms with Crippen molar-refractivity contribution in [2.45, 2.75) is 19.6 Å². The van der Waals surface area contributed by atoms with Gasteiger partial charge in [-0.05, 0) is 45.3 Å². The Morgan fingerprint density at radius 1 is 1.17 bits per heavy atom. The number of benzene rings is 2. The first kappa shape index (κ1) is 21.9. The number of hydrogen-bond donors (Lipinski definition) is 2. The fourth-order valence-electron chi connectivity index (χ4n) is 3.16. The van der Waals surface area contributed by atoms with Gasteiger partial charge in [-0.1, -0.05) is 18.2 Å². The van der Waals surface area contributed by atoms with Gasteiger partial charge in [-0.15, -0.1) is 0 Å². The lowest BCUT2D eigenvalue weighted by atomic mass is 9.98. The Kier molecular flexibility index (Phi) is 6.79. The number of H-pyrrole nitrogens is 1. The van der Waals surface area contributed by atoms with Gasteiger partial charge in [-0.2, -0.15) is 18.3 Å². The summed E-state index contributed by atoms with van der Waals surface area (Å²) in [7, 11) is 3.83. The summed E-state index contributed by atoms with van der Waals surface area (Å²) in [5.74, 6) is 0.628. The van der Waals surface area contributed by atoms with Crippen molar-refractivity contribution in [2.75, 3.05) is 27.2 Å². The molecule has 160 valence electrons. The Balaban J connectivity index is 2.02. The summed E-state index contributed by atoms with van der Waals surface area (Å²) < 4.78 is 46.6. The number of aromatic nitrogens is 2. The Morgan fingerprint density at radius 3 is 2.57 bits per heavy atom. The van der Waals surface area contributed by atoms with Crippen LogP contribution in [0.15, 0.2) is 48.7 Å². The largest absolute Gasteiger partial charge is 0.457 e. The molecule has 3 aromatic rings. The van der Waals surface area contributed by atoms with Crippen LogP contribution in [0.1, 0.15) is 16.7 Å². The lowest BCUT2D eigenvalue weighted by molar-refractivity contribution is -0.137. The molecule has 2 N–H and O–H groups in total. The number of aromatic amines is 1. The molecule has 0 saturated heterocycles. The molecule has 0 aliphatic carbocycles. The van der Waals surface area contributed by atoms with Crippen molar-refractivity contribution >= 4 is 0 Å². The summed E-state index contributed by atoms with van der Waals surface area (Å²) >= 11 is 0. The van der Waals surface area contributed by atoms with E-state index in [1.807, 2.05) is 20.2 Å². The zero-order chi connectivity index (χ0) is 21.7. The van der Waals surface area contributed by atoms with Crippen LogP contribution in [0, 0.1) is 6.92 Å². The van der Waals surface area contributed by atoms with E-state index < -0.39 is 11.7 Å². The van der Waals surface area contributed by atoms with Gasteiger partial charge in [-0.3, -0.25) is 5.10 Å². The van der Waals surface area contributed by atoms with Crippen LogP contribution >= 0.6 is 0 Å². The second kappa shape index (κ2) is 9.32. The third-order valence-corrected chi connectivity index (χ3v) is 4.82. The highest BCUT2D eigenvalue weighted by molar-refractivity contribution is 5.71. The molecule has 0 spiro atoms. The lowest BCUT2D eigenvalue weighted by Gasteiger charge is -2.18. The van der Waals surface area contributed by atoms with Crippen molar-refractivity contribution in [1.82, 2.24) is 20.4 Å². The SMILES string of the molecule is CNCCN(C)Cc1c[nH]nc1-c1cc(C(F)(F)F)cc(Oc2ccccc2)c1C. The van der Waals surface area contributed by atoms with Crippen molar-refractivity contribution in [3.63, 3.8) is 0 Å². The van der Waals surface area contributed by atoms with Crippen molar-refractivity contribution in [3.8, 4) is 22.8 Å². The molecule has 1 heterocycles. The number of halogens is 3. The third-order valence-electron chi connectivity index (χ3n) is 4.82. The summed E-state index contributed by atoms with van der Waals surface area (Å²) in [6.45, 7) is 3.90. The van der Waals surface area contributed by atoms with Gasteiger partial charge in [0.05, 0.1) is 11.3 Å². The zero-order valence-corrected chi connectivity index (χ0v) is 17.2. The van der Waals surface area contributed by atoms with Crippen molar-refractivity contribution in [3.05, 3.63) is 65.4 Å². The maximum absolute atomic E-state index is 13.6. The first-order chi connectivity index (χ1) is 14.3. The van der Waals surface area contributed by atoms with Crippen LogP contribution in [0.25, 0.3) is 11.3 Å². The van der Waals surface area contributed by atoms with Crippen LogP contribution in [-0.2, 0) is 12.7 Å². The van der Waals surface area contributed by atoms with Crippen molar-refractivity contribution in [1.29, 1.82) is 0 Å². The summed E-state index contributed by atoms with van der Waals surface area (Å²) in [4.78, 5) is 2.08. The predicted molar refractivity (Wildman–Crippen MR) is 111 cm³/mol. The van der Waals surface area contributed by atoms with Gasteiger partial charge in [0.1, 0.15) is 11.5 Å². The van der Waals surface area contributed by atoms with E-state index >= 15 is 0 Å². The molecule has 8 heteroatoms. The Bertz CT molecular complexity index is 970. The van der Waals surface area contributed by atoms with Crippen LogP contribution < -0.4 is 10.1 Å². The summed E-state index contributed by atoms with van der Waals surface area (Å²) in [5, 5.41) is 10.1. The molecule has 1 aromatic heterocycles. The number of alkyl halides is 3. The highest BCUT2D eigenvalue weighted by Crippen LogP contribution is 2.40. The van der Waals surface area contributed by atoms with Crippen LogP contribution in [0.2, 0.25) is 0 Å². The fraction of sp³-hybridized carbons (Fsp3) is 0.318. The summed E-state index contributed by atoms with van der Waals surface area (Å²) in [5.41, 5.74) is 1.54. The molecule has 30 heavy (non-hydrogen) atoms. The smallest absolute Gasteiger partial charge is 0.416 e. The first-order valence-corrected chi connectivity index (χ1v) is 9.60. The number of ether oxygens (including phenoxy) is 1. The van der Waals surface area contributed by atoms with Gasteiger partial charge in [0.2, 0.25) is 0 Å². The molecular formula is C22H25F3N4O. The number of likely N-dealkylation sites (N-methyl/N-ethyl adjacent to an activating group) is 2. The van der Waals surface area contributed by atoms with Gasteiger partial charge in [0, 0.05) is 42.5 Å². The number of nitrogens with zero attached hydrogens (tertiary/aromatic N) is 2. The second-order valence-corrected chi connectivity index (χ2v) is 7.16. The van der Waals surface area contributed by atoms with E-state index in [0.717, 1.165) is 30.8 Å². The number of para-hydroxylation sites is 1. The topological polar surface area (TPSA) is 53.2 Å². The van der Waals surface area contributed by atoms with Gasteiger partial charge in [0.25, 0.3) is 0 Å². The third kappa shape index (κ3) is 5.20. The van der Waals surface area contributed by atoms with E-state index in [1.165, 1.54) is 0 Å². The van der Waals surface area contributed by atoms with Gasteiger partial charge in [0.15, 0.2) is 0 Å². The minimum Gasteiger partial charge on any atom is -0.457 e. The van der Waals surface area contributed by atoms with Crippen LogP contribution in [0.4, 0.5) is 13.2 Å². The zero-order valence-electron chi connectivity index (χ0n) is 17.2. The summed E-state index contributed by atoms with van der Waals surface area (Å²) in [6, 6.07) is 10.9. The Morgan fingerprint density at radius 2 is 1.90 bits per heavy atom. The number of rotatable bonds is 8. The predicted octanol–water partition coefficient (Wildman–Crippen LogP) is 4.85. The molecule has 0 fully saturated rings. The van der Waals surface area contributed by atoms with Gasteiger partial charge in [-0.25, -0.2) is 0 Å². The molecule has 0 unspecified atom stereocenters. The maximum Gasteiger partial charge on any atom is 0.416 e. The molecule has 0 saturated carbocycles. The Labute approximate surface area is 173 Å². The van der Waals surface area contributed by atoms with Crippen molar-refractivity contribution < 1.29 is 17.9 Å². The van der Waals surface area contributed by atoms with Crippen LogP contribution in [0.3, 0.4) is 0 Å². The van der Waals surface area contributed by atoms with E-state index in [0.29, 0.717) is 29.1 Å². The van der Waals surface area contributed by atoms with E-state index in [-0.39, 0.29) is 5.75 Å². The van der Waals surface area contributed by atoms with E-state index in [2.05, 4.69) is 20.4 Å². The quantitative estimate of drug-likeness (QED) is 0.549. The highest BCUT2D eigenvalue weighted by Gasteiger charge is 2.33. The highest BCUT2D eigenvalue weighted by atomic mass is 19.4. The standard InChI is InChI=1S/C22H25F3N4O/c1-15-19(21-16(13-27-28-21)14-29(3)10-9-26-2)11-17(22(23,24)25)12-20(15)30-18-7-5-4-6-8-18/h4-8,11-13,26H,9-10,14H2,1-3H3,(H,27,28). The van der Waals surface area contributed by atoms with Crippen molar-refractivity contribution in [2.24, 2.45) is 0 Å². The van der Waals surface area contributed by atoms with Crippen LogP contribution in [-0.4, -0.2) is 42.3 Å². The molecule has 0 aliphatic rings. The second-order valence-electron chi connectivity index (χ2n) is 7.16. The summed E-state index contributed by atoms with van der Waals surface area (Å²) in [6.07, 6.45) is -2.78. The maximum atomic E-state index is 13.6. The average molecular weight is 418 g/mol. The Hall–Kier alpha value is -2.84. The molecule has 0 radical (unpaired) electrons. The van der Waals surface area contributed by atoms with E-state index in [1.54, 1.807) is 37.4 Å². The minimum absolute atomic E-state index is 0.156. The molecule has 3 rings (SSSR count). The molecular weight excluding hydrogens is 393 g/mol. The molecule has 0 amide bonds. The minimum atomic E-state index is -4.50. The fourth-order valence-corrected chi connectivity index (χ4v) is 3.16. The van der Waals surface area contributed by atoms with Gasteiger partial charge < -0.3 is 15.0 Å². The first-order valence-electron chi connectivity index (χ1n) is 9.60. The molecule has 0 bridgehead atoms. The number of hydrogen-bond acceptors (Lipinski definition) is 4. The van der Waals surface area contributed by atoms with Crippen LogP contribution in [0.5, 0.6) is 11.5 Å². The normalized spacial score (nSPS) is 11.8.